The lowest BCUT2D eigenvalue weighted by atomic mass is 9.67. The molecule has 0 saturated heterocycles. The van der Waals surface area contributed by atoms with Gasteiger partial charge in [-0.05, 0) is 24.1 Å². The summed E-state index contributed by atoms with van der Waals surface area (Å²) in [6.07, 6.45) is 15.9. The molecular formula is C21H18ClN. The Labute approximate surface area is 142 Å². The largest absolute Gasteiger partial charge is 0.256 e. The van der Waals surface area contributed by atoms with Crippen molar-refractivity contribution in [1.82, 2.24) is 0 Å². The molecule has 0 bridgehead atoms. The second kappa shape index (κ2) is 5.50. The molecule has 0 spiro atoms. The highest BCUT2D eigenvalue weighted by Gasteiger charge is 2.40. The minimum Gasteiger partial charge on any atom is -0.256 e. The predicted molar refractivity (Wildman–Crippen MR) is 97.6 cm³/mol. The molecule has 0 N–H and O–H groups in total. The van der Waals surface area contributed by atoms with E-state index in [0.29, 0.717) is 0 Å². The van der Waals surface area contributed by atoms with Gasteiger partial charge in [0.2, 0.25) is 0 Å². The molecule has 4 rings (SSSR count). The summed E-state index contributed by atoms with van der Waals surface area (Å²) in [5.74, 6) is 0.245. The van der Waals surface area contributed by atoms with Gasteiger partial charge >= 0.3 is 0 Å². The van der Waals surface area contributed by atoms with Crippen LogP contribution in [0.4, 0.5) is 0 Å². The number of benzene rings is 1. The molecular weight excluding hydrogens is 302 g/mol. The number of halogens is 1. The van der Waals surface area contributed by atoms with Crippen molar-refractivity contribution in [2.45, 2.75) is 13.3 Å². The second-order valence-corrected chi connectivity index (χ2v) is 6.77. The van der Waals surface area contributed by atoms with Crippen LogP contribution in [0.1, 0.15) is 18.9 Å². The lowest BCUT2D eigenvalue weighted by molar-refractivity contribution is 0.410. The Morgan fingerprint density at radius 2 is 1.96 bits per heavy atom. The highest BCUT2D eigenvalue weighted by Crippen LogP contribution is 2.49. The number of hydrogen-bond donors (Lipinski definition) is 0. The van der Waals surface area contributed by atoms with E-state index in [1.807, 2.05) is 12.1 Å². The molecule has 1 aromatic carbocycles. The van der Waals surface area contributed by atoms with E-state index >= 15 is 0 Å². The molecule has 23 heavy (non-hydrogen) atoms. The SMILES string of the molecule is CC1(C2=CCC(c3ccccc3)=N2)C=CC(Cl)=C2C=CC=CC21. The maximum Gasteiger partial charge on any atom is 0.0517 e. The quantitative estimate of drug-likeness (QED) is 0.675. The fourth-order valence-electron chi connectivity index (χ4n) is 3.57. The molecule has 1 nitrogen and oxygen atoms in total. The monoisotopic (exact) mass is 319 g/mol. The average molecular weight is 320 g/mol. The molecule has 0 amide bonds. The number of fused-ring (bicyclic) bond motifs is 1. The molecule has 3 aliphatic rings. The molecule has 2 aliphatic carbocycles. The Hall–Kier alpha value is -2.12. The van der Waals surface area contributed by atoms with Gasteiger partial charge in [0.15, 0.2) is 0 Å². The van der Waals surface area contributed by atoms with Crippen LogP contribution in [0.3, 0.4) is 0 Å². The van der Waals surface area contributed by atoms with E-state index in [-0.39, 0.29) is 11.3 Å². The number of hydrogen-bond acceptors (Lipinski definition) is 1. The van der Waals surface area contributed by atoms with E-state index in [1.54, 1.807) is 0 Å². The predicted octanol–water partition coefficient (Wildman–Crippen LogP) is 5.57. The lowest BCUT2D eigenvalue weighted by Crippen LogP contribution is -2.29. The summed E-state index contributed by atoms with van der Waals surface area (Å²) >= 11 is 6.40. The summed E-state index contributed by atoms with van der Waals surface area (Å²) in [6, 6.07) is 10.4. The standard InChI is InChI=1S/C21H18ClN/c1-21(14-13-18(22)16-9-5-6-10-17(16)21)20-12-11-19(23-20)15-7-3-2-4-8-15/h2-10,12-14,17H,11H2,1H3. The first-order valence-electron chi connectivity index (χ1n) is 7.96. The molecule has 1 aliphatic heterocycles. The lowest BCUT2D eigenvalue weighted by Gasteiger charge is -2.38. The summed E-state index contributed by atoms with van der Waals surface area (Å²) in [5.41, 5.74) is 4.52. The molecule has 1 heterocycles. The first kappa shape index (κ1) is 14.5. The maximum absolute atomic E-state index is 6.40. The third-order valence-corrected chi connectivity index (χ3v) is 5.27. The van der Waals surface area contributed by atoms with Crippen LogP contribution in [0.25, 0.3) is 0 Å². The molecule has 0 saturated carbocycles. The number of allylic oxidation sites excluding steroid dienone is 9. The third kappa shape index (κ3) is 2.36. The Morgan fingerprint density at radius 3 is 2.78 bits per heavy atom. The van der Waals surface area contributed by atoms with Crippen molar-refractivity contribution in [2.24, 2.45) is 16.3 Å². The van der Waals surface area contributed by atoms with Crippen LogP contribution >= 0.6 is 11.6 Å². The molecule has 2 atom stereocenters. The van der Waals surface area contributed by atoms with E-state index in [0.717, 1.165) is 22.9 Å². The van der Waals surface area contributed by atoms with Crippen molar-refractivity contribution < 1.29 is 0 Å². The van der Waals surface area contributed by atoms with Crippen molar-refractivity contribution in [3.05, 3.63) is 94.7 Å². The van der Waals surface area contributed by atoms with Gasteiger partial charge in [0.05, 0.1) is 5.71 Å². The van der Waals surface area contributed by atoms with Crippen LogP contribution in [0.15, 0.2) is 94.2 Å². The summed E-state index contributed by atoms with van der Waals surface area (Å²) < 4.78 is 0. The van der Waals surface area contributed by atoms with Crippen molar-refractivity contribution in [2.75, 3.05) is 0 Å². The van der Waals surface area contributed by atoms with Crippen molar-refractivity contribution in [3.63, 3.8) is 0 Å². The molecule has 2 heteroatoms. The third-order valence-electron chi connectivity index (χ3n) is 4.93. The Balaban J connectivity index is 1.71. The average Bonchev–Trinajstić information content (AvgIpc) is 3.10. The zero-order chi connectivity index (χ0) is 15.9. The van der Waals surface area contributed by atoms with Gasteiger partial charge in [-0.3, -0.25) is 4.99 Å². The Morgan fingerprint density at radius 1 is 1.13 bits per heavy atom. The Kier molecular flexibility index (Phi) is 3.46. The zero-order valence-electron chi connectivity index (χ0n) is 13.0. The van der Waals surface area contributed by atoms with Gasteiger partial charge in [-0.25, -0.2) is 0 Å². The molecule has 0 radical (unpaired) electrons. The van der Waals surface area contributed by atoms with Crippen molar-refractivity contribution in [1.29, 1.82) is 0 Å². The molecule has 0 fully saturated rings. The summed E-state index contributed by atoms with van der Waals surface area (Å²) in [5, 5.41) is 0.832. The highest BCUT2D eigenvalue weighted by molar-refractivity contribution is 6.32. The molecule has 2 unspecified atom stereocenters. The van der Waals surface area contributed by atoms with Gasteiger partial charge in [0.1, 0.15) is 0 Å². The molecule has 0 aromatic heterocycles. The van der Waals surface area contributed by atoms with E-state index in [1.165, 1.54) is 11.1 Å². The van der Waals surface area contributed by atoms with E-state index < -0.39 is 0 Å². The fourth-order valence-corrected chi connectivity index (χ4v) is 3.81. The first-order valence-corrected chi connectivity index (χ1v) is 8.34. The van der Waals surface area contributed by atoms with Crippen molar-refractivity contribution >= 4 is 17.3 Å². The van der Waals surface area contributed by atoms with Crippen LogP contribution in [0.5, 0.6) is 0 Å². The van der Waals surface area contributed by atoms with E-state index in [4.69, 9.17) is 16.6 Å². The van der Waals surface area contributed by atoms with Gasteiger partial charge in [-0.1, -0.05) is 78.4 Å². The Bertz CT molecular complexity index is 821. The number of nitrogens with zero attached hydrogens (tertiary/aromatic N) is 1. The first-order chi connectivity index (χ1) is 11.2. The fraction of sp³-hybridized carbons (Fsp3) is 0.190. The molecule has 114 valence electrons. The van der Waals surface area contributed by atoms with Gasteiger partial charge in [-0.15, -0.1) is 0 Å². The van der Waals surface area contributed by atoms with E-state index in [2.05, 4.69) is 67.6 Å². The highest BCUT2D eigenvalue weighted by atomic mass is 35.5. The van der Waals surface area contributed by atoms with Crippen LogP contribution in [0, 0.1) is 11.3 Å². The normalized spacial score (nSPS) is 28.7. The van der Waals surface area contributed by atoms with Crippen LogP contribution in [-0.2, 0) is 0 Å². The second-order valence-electron chi connectivity index (χ2n) is 6.36. The van der Waals surface area contributed by atoms with Crippen LogP contribution < -0.4 is 0 Å². The van der Waals surface area contributed by atoms with Crippen molar-refractivity contribution in [3.8, 4) is 0 Å². The van der Waals surface area contributed by atoms with Gasteiger partial charge in [-0.2, -0.15) is 0 Å². The number of rotatable bonds is 2. The summed E-state index contributed by atoms with van der Waals surface area (Å²) in [7, 11) is 0. The molecule has 1 aromatic rings. The minimum absolute atomic E-state index is 0.147. The van der Waals surface area contributed by atoms with Gasteiger partial charge in [0.25, 0.3) is 0 Å². The van der Waals surface area contributed by atoms with Gasteiger partial charge < -0.3 is 0 Å². The van der Waals surface area contributed by atoms with E-state index in [9.17, 15) is 0 Å². The van der Waals surface area contributed by atoms with Gasteiger partial charge in [0, 0.05) is 28.5 Å². The topological polar surface area (TPSA) is 12.4 Å². The summed E-state index contributed by atoms with van der Waals surface area (Å²) in [4.78, 5) is 4.97. The van der Waals surface area contributed by atoms with Crippen LogP contribution in [0.2, 0.25) is 0 Å². The number of aliphatic imine (C=N–C) groups is 1. The smallest absolute Gasteiger partial charge is 0.0517 e. The zero-order valence-corrected chi connectivity index (χ0v) is 13.8. The maximum atomic E-state index is 6.40. The minimum atomic E-state index is -0.147. The van der Waals surface area contributed by atoms with Crippen LogP contribution in [-0.4, -0.2) is 5.71 Å². The summed E-state index contributed by atoms with van der Waals surface area (Å²) in [6.45, 7) is 2.25.